The fourth-order valence-corrected chi connectivity index (χ4v) is 3.26. The Kier molecular flexibility index (Phi) is 6.84. The van der Waals surface area contributed by atoms with Crippen LogP contribution in [0.4, 0.5) is 4.39 Å². The summed E-state index contributed by atoms with van der Waals surface area (Å²) in [6.07, 6.45) is 0. The molecule has 0 spiro atoms. The monoisotopic (exact) mass is 460 g/mol. The molecular formula is C22H19Cl2FN4O2. The summed E-state index contributed by atoms with van der Waals surface area (Å²) < 4.78 is 20.6. The normalized spacial score (nSPS) is 10.8. The summed E-state index contributed by atoms with van der Waals surface area (Å²) in [7, 11) is 0. The maximum Gasteiger partial charge on any atom is 0.269 e. The van der Waals surface area contributed by atoms with Crippen LogP contribution in [0.1, 0.15) is 52.9 Å². The lowest BCUT2D eigenvalue weighted by Crippen LogP contribution is -2.24. The third kappa shape index (κ3) is 5.16. The van der Waals surface area contributed by atoms with Gasteiger partial charge in [-0.25, -0.2) is 9.37 Å². The molecule has 3 rings (SSSR count). The molecule has 31 heavy (non-hydrogen) atoms. The van der Waals surface area contributed by atoms with Gasteiger partial charge < -0.3 is 15.0 Å². The number of hydrogen-bond donors (Lipinski definition) is 2. The Hall–Kier alpha value is -3.08. The zero-order valence-electron chi connectivity index (χ0n) is 17.0. The molecule has 1 heterocycles. The number of imidazole rings is 1. The van der Waals surface area contributed by atoms with E-state index in [-0.39, 0.29) is 45.1 Å². The van der Waals surface area contributed by atoms with Gasteiger partial charge in [-0.15, -0.1) is 0 Å². The first-order valence-corrected chi connectivity index (χ1v) is 10.1. The number of ether oxygens (including phenoxy) is 1. The van der Waals surface area contributed by atoms with E-state index in [4.69, 9.17) is 33.2 Å². The lowest BCUT2D eigenvalue weighted by molar-refractivity contribution is 0.0945. The van der Waals surface area contributed by atoms with E-state index in [1.165, 1.54) is 30.3 Å². The minimum atomic E-state index is -0.726. The Morgan fingerprint density at radius 3 is 2.71 bits per heavy atom. The summed E-state index contributed by atoms with van der Waals surface area (Å²) in [4.78, 5) is 19.9. The predicted molar refractivity (Wildman–Crippen MR) is 116 cm³/mol. The molecule has 0 aliphatic rings. The Bertz CT molecular complexity index is 1180. The van der Waals surface area contributed by atoms with E-state index in [2.05, 4.69) is 15.3 Å². The molecule has 1 amide bonds. The number of benzene rings is 2. The van der Waals surface area contributed by atoms with Gasteiger partial charge in [-0.3, -0.25) is 4.79 Å². The molecule has 2 aromatic carbocycles. The summed E-state index contributed by atoms with van der Waals surface area (Å²) in [5, 5.41) is 12.0. The van der Waals surface area contributed by atoms with E-state index in [9.17, 15) is 4.79 Å². The number of rotatable bonds is 6. The first-order valence-electron chi connectivity index (χ1n) is 9.39. The second kappa shape index (κ2) is 9.38. The molecule has 0 saturated heterocycles. The molecule has 0 bridgehead atoms. The van der Waals surface area contributed by atoms with Crippen molar-refractivity contribution in [2.45, 2.75) is 33.2 Å². The Morgan fingerprint density at radius 1 is 1.32 bits per heavy atom. The van der Waals surface area contributed by atoms with Crippen molar-refractivity contribution >= 4 is 29.1 Å². The van der Waals surface area contributed by atoms with Crippen molar-refractivity contribution < 1.29 is 13.9 Å². The maximum absolute atomic E-state index is 15.1. The molecule has 0 saturated carbocycles. The van der Waals surface area contributed by atoms with Gasteiger partial charge in [-0.1, -0.05) is 43.1 Å². The van der Waals surface area contributed by atoms with Crippen LogP contribution in [-0.4, -0.2) is 15.9 Å². The molecule has 160 valence electrons. The molecule has 0 fully saturated rings. The van der Waals surface area contributed by atoms with Crippen LogP contribution in [0.15, 0.2) is 30.3 Å². The molecule has 2 N–H and O–H groups in total. The molecule has 0 unspecified atom stereocenters. The summed E-state index contributed by atoms with van der Waals surface area (Å²) >= 11 is 12.1. The van der Waals surface area contributed by atoms with Gasteiger partial charge in [0.1, 0.15) is 17.3 Å². The smallest absolute Gasteiger partial charge is 0.269 e. The molecule has 0 aliphatic heterocycles. The number of aromatic nitrogens is 2. The highest BCUT2D eigenvalue weighted by Crippen LogP contribution is 2.35. The first kappa shape index (κ1) is 22.6. The second-order valence-corrected chi connectivity index (χ2v) is 8.00. The summed E-state index contributed by atoms with van der Waals surface area (Å²) in [6.45, 7) is 5.56. The number of H-pyrrole nitrogens is 1. The average Bonchev–Trinajstić information content (AvgIpc) is 3.12. The number of aromatic amines is 1. The average molecular weight is 461 g/mol. The number of carbonyl (C=O) groups excluding carboxylic acids is 1. The molecular weight excluding hydrogens is 442 g/mol. The van der Waals surface area contributed by atoms with Crippen molar-refractivity contribution in [3.8, 4) is 17.6 Å². The number of hydrogen-bond acceptors (Lipinski definition) is 4. The Labute approximate surface area is 189 Å². The van der Waals surface area contributed by atoms with E-state index in [1.54, 1.807) is 6.92 Å². The third-order valence-corrected chi connectivity index (χ3v) is 4.98. The van der Waals surface area contributed by atoms with E-state index in [0.717, 1.165) is 0 Å². The van der Waals surface area contributed by atoms with Crippen molar-refractivity contribution in [1.29, 1.82) is 5.26 Å². The van der Waals surface area contributed by atoms with Gasteiger partial charge in [0.25, 0.3) is 5.91 Å². The van der Waals surface area contributed by atoms with Crippen LogP contribution in [-0.2, 0) is 6.54 Å². The number of amides is 1. The number of nitrogens with zero attached hydrogens (tertiary/aromatic N) is 2. The van der Waals surface area contributed by atoms with Gasteiger partial charge in [-0.05, 0) is 31.2 Å². The number of nitrogens with one attached hydrogen (secondary N) is 2. The molecule has 0 atom stereocenters. The molecule has 0 radical (unpaired) electrons. The standard InChI is InChI=1S/C22H19Cl2FN4O2/c1-11(2)21-28-12(3)19(29-21)22(30)27-10-14-4-5-17(24)20(18(14)25)31-16-7-13(9-26)6-15(23)8-16/h4-8,11H,10H2,1-3H3,(H,27,30)(H,28,29). The molecule has 1 aromatic heterocycles. The summed E-state index contributed by atoms with van der Waals surface area (Å²) in [5.41, 5.74) is 1.34. The lowest BCUT2D eigenvalue weighted by atomic mass is 10.2. The van der Waals surface area contributed by atoms with Crippen LogP contribution in [0.2, 0.25) is 10.0 Å². The lowest BCUT2D eigenvalue weighted by Gasteiger charge is -2.13. The van der Waals surface area contributed by atoms with Crippen LogP contribution < -0.4 is 10.1 Å². The van der Waals surface area contributed by atoms with Crippen LogP contribution in [0, 0.1) is 24.1 Å². The molecule has 0 aliphatic carbocycles. The van der Waals surface area contributed by atoms with Gasteiger partial charge in [0.2, 0.25) is 0 Å². The largest absolute Gasteiger partial charge is 0.453 e. The van der Waals surface area contributed by atoms with Gasteiger partial charge in [0.05, 0.1) is 22.3 Å². The first-order chi connectivity index (χ1) is 14.7. The van der Waals surface area contributed by atoms with Gasteiger partial charge in [0.15, 0.2) is 11.6 Å². The van der Waals surface area contributed by atoms with Crippen LogP contribution in [0.3, 0.4) is 0 Å². The molecule has 9 heteroatoms. The highest BCUT2D eigenvalue weighted by atomic mass is 35.5. The predicted octanol–water partition coefficient (Wildman–Crippen LogP) is 5.88. The zero-order chi connectivity index (χ0) is 22.7. The summed E-state index contributed by atoms with van der Waals surface area (Å²) in [5.74, 6) is -0.339. The van der Waals surface area contributed by atoms with Gasteiger partial charge in [-0.2, -0.15) is 5.26 Å². The SMILES string of the molecule is Cc1nc(C(C)C)[nH]c1C(=O)NCc1ccc(Cl)c(Oc2cc(Cl)cc(C#N)c2)c1F. The van der Waals surface area contributed by atoms with Crippen LogP contribution in [0.5, 0.6) is 11.5 Å². The quantitative estimate of drug-likeness (QED) is 0.480. The fourth-order valence-electron chi connectivity index (χ4n) is 2.85. The minimum Gasteiger partial charge on any atom is -0.453 e. The van der Waals surface area contributed by atoms with Gasteiger partial charge in [0, 0.05) is 23.0 Å². The Balaban J connectivity index is 1.80. The van der Waals surface area contributed by atoms with Crippen molar-refractivity contribution in [2.24, 2.45) is 0 Å². The van der Waals surface area contributed by atoms with E-state index < -0.39 is 11.7 Å². The Morgan fingerprint density at radius 2 is 2.06 bits per heavy atom. The fraction of sp³-hybridized carbons (Fsp3) is 0.227. The number of halogens is 3. The maximum atomic E-state index is 15.1. The van der Waals surface area contributed by atoms with Crippen molar-refractivity contribution in [1.82, 2.24) is 15.3 Å². The topological polar surface area (TPSA) is 90.8 Å². The molecule has 6 nitrogen and oxygen atoms in total. The van der Waals surface area contributed by atoms with Crippen molar-refractivity contribution in [3.63, 3.8) is 0 Å². The number of aryl methyl sites for hydroxylation is 1. The number of nitriles is 1. The van der Waals surface area contributed by atoms with Crippen LogP contribution in [0.25, 0.3) is 0 Å². The van der Waals surface area contributed by atoms with Crippen molar-refractivity contribution in [2.75, 3.05) is 0 Å². The van der Waals surface area contributed by atoms with Crippen molar-refractivity contribution in [3.05, 3.63) is 74.5 Å². The highest BCUT2D eigenvalue weighted by Gasteiger charge is 2.19. The van der Waals surface area contributed by atoms with E-state index in [1.807, 2.05) is 19.9 Å². The van der Waals surface area contributed by atoms with E-state index >= 15 is 4.39 Å². The molecule has 3 aromatic rings. The third-order valence-electron chi connectivity index (χ3n) is 4.47. The highest BCUT2D eigenvalue weighted by molar-refractivity contribution is 6.32. The zero-order valence-corrected chi connectivity index (χ0v) is 18.5. The summed E-state index contributed by atoms with van der Waals surface area (Å²) in [6, 6.07) is 9.20. The van der Waals surface area contributed by atoms with Crippen LogP contribution >= 0.6 is 23.2 Å². The van der Waals surface area contributed by atoms with E-state index in [0.29, 0.717) is 17.2 Å². The minimum absolute atomic E-state index is 0.0389. The second-order valence-electron chi connectivity index (χ2n) is 7.16. The van der Waals surface area contributed by atoms with Gasteiger partial charge >= 0.3 is 0 Å². The number of carbonyl (C=O) groups is 1.